The Bertz CT molecular complexity index is 666. The van der Waals surface area contributed by atoms with E-state index < -0.39 is 5.97 Å². The fourth-order valence-electron chi connectivity index (χ4n) is 2.18. The highest BCUT2D eigenvalue weighted by Crippen LogP contribution is 2.35. The van der Waals surface area contributed by atoms with Crippen LogP contribution >= 0.6 is 0 Å². The van der Waals surface area contributed by atoms with E-state index in [2.05, 4.69) is 20.8 Å². The lowest BCUT2D eigenvalue weighted by Crippen LogP contribution is -2.12. The number of carboxylic acids is 1. The number of hydrogen-bond donors (Lipinski definition) is 1. The first kappa shape index (κ1) is 15.1. The third-order valence-corrected chi connectivity index (χ3v) is 3.28. The van der Waals surface area contributed by atoms with E-state index in [0.29, 0.717) is 11.5 Å². The van der Waals surface area contributed by atoms with E-state index in [0.717, 1.165) is 11.1 Å². The number of rotatable bonds is 3. The molecule has 0 saturated heterocycles. The van der Waals surface area contributed by atoms with Gasteiger partial charge in [0, 0.05) is 5.56 Å². The molecule has 0 heterocycles. The van der Waals surface area contributed by atoms with Crippen molar-refractivity contribution in [2.45, 2.75) is 33.1 Å². The van der Waals surface area contributed by atoms with Crippen molar-refractivity contribution >= 4 is 5.97 Å². The molecule has 0 fully saturated rings. The van der Waals surface area contributed by atoms with Gasteiger partial charge in [-0.3, -0.25) is 0 Å². The number of benzene rings is 2. The van der Waals surface area contributed by atoms with Crippen LogP contribution in [0.3, 0.4) is 0 Å². The van der Waals surface area contributed by atoms with E-state index in [-0.39, 0.29) is 11.0 Å². The molecule has 0 aliphatic rings. The maximum atomic E-state index is 11.3. The van der Waals surface area contributed by atoms with Crippen LogP contribution in [0.25, 0.3) is 0 Å². The number of ether oxygens (including phenoxy) is 1. The fraction of sp³-hybridized carbons (Fsp3) is 0.278. The Morgan fingerprint density at radius 1 is 1.05 bits per heavy atom. The number of carboxylic acid groups (broad SMARTS) is 1. The second-order valence-corrected chi connectivity index (χ2v) is 6.15. The molecule has 0 spiro atoms. The Labute approximate surface area is 125 Å². The van der Waals surface area contributed by atoms with Crippen molar-refractivity contribution < 1.29 is 14.6 Å². The molecule has 0 aliphatic carbocycles. The minimum Gasteiger partial charge on any atom is -0.478 e. The number of aryl methyl sites for hydroxylation is 1. The zero-order valence-corrected chi connectivity index (χ0v) is 12.8. The van der Waals surface area contributed by atoms with Crippen LogP contribution in [0.5, 0.6) is 11.5 Å². The van der Waals surface area contributed by atoms with Crippen LogP contribution in [0.15, 0.2) is 42.5 Å². The summed E-state index contributed by atoms with van der Waals surface area (Å²) < 4.78 is 5.93. The van der Waals surface area contributed by atoms with Crippen LogP contribution < -0.4 is 4.74 Å². The van der Waals surface area contributed by atoms with E-state index in [1.54, 1.807) is 18.2 Å². The quantitative estimate of drug-likeness (QED) is 0.882. The van der Waals surface area contributed by atoms with Crippen molar-refractivity contribution in [2.24, 2.45) is 0 Å². The van der Waals surface area contributed by atoms with Gasteiger partial charge in [0.25, 0.3) is 0 Å². The molecule has 0 saturated carbocycles. The van der Waals surface area contributed by atoms with Gasteiger partial charge in [-0.15, -0.1) is 0 Å². The van der Waals surface area contributed by atoms with Crippen molar-refractivity contribution in [3.63, 3.8) is 0 Å². The molecule has 1 N–H and O–H groups in total. The number of aromatic carboxylic acids is 1. The van der Waals surface area contributed by atoms with Gasteiger partial charge in [-0.25, -0.2) is 4.79 Å². The van der Waals surface area contributed by atoms with Gasteiger partial charge in [0.1, 0.15) is 17.1 Å². The topological polar surface area (TPSA) is 46.5 Å². The lowest BCUT2D eigenvalue weighted by Gasteiger charge is -2.23. The SMILES string of the molecule is Cc1ccc(C(=O)O)c(Oc2ccccc2C(C)(C)C)c1. The van der Waals surface area contributed by atoms with Gasteiger partial charge in [-0.05, 0) is 36.1 Å². The van der Waals surface area contributed by atoms with Gasteiger partial charge in [0.2, 0.25) is 0 Å². The zero-order valence-electron chi connectivity index (χ0n) is 12.8. The standard InChI is InChI=1S/C18H20O3/c1-12-9-10-13(17(19)20)16(11-12)21-15-8-6-5-7-14(15)18(2,3)4/h5-11H,1-4H3,(H,19,20). The van der Waals surface area contributed by atoms with E-state index in [4.69, 9.17) is 4.74 Å². The molecule has 0 aliphatic heterocycles. The summed E-state index contributed by atoms with van der Waals surface area (Å²) in [6, 6.07) is 12.8. The Kier molecular flexibility index (Phi) is 4.03. The Hall–Kier alpha value is -2.29. The lowest BCUT2D eigenvalue weighted by molar-refractivity contribution is 0.0694. The highest BCUT2D eigenvalue weighted by molar-refractivity contribution is 5.91. The Balaban J connectivity index is 2.49. The van der Waals surface area contributed by atoms with E-state index in [1.807, 2.05) is 31.2 Å². The summed E-state index contributed by atoms with van der Waals surface area (Å²) in [5.74, 6) is 0.0792. The first-order valence-corrected chi connectivity index (χ1v) is 6.90. The van der Waals surface area contributed by atoms with Crippen LogP contribution in [-0.4, -0.2) is 11.1 Å². The van der Waals surface area contributed by atoms with Crippen LogP contribution in [0.4, 0.5) is 0 Å². The zero-order chi connectivity index (χ0) is 15.6. The van der Waals surface area contributed by atoms with Gasteiger partial charge < -0.3 is 9.84 Å². The Morgan fingerprint density at radius 3 is 2.33 bits per heavy atom. The normalized spacial score (nSPS) is 11.2. The largest absolute Gasteiger partial charge is 0.478 e. The maximum absolute atomic E-state index is 11.3. The molecule has 3 nitrogen and oxygen atoms in total. The molecule has 21 heavy (non-hydrogen) atoms. The molecule has 2 rings (SSSR count). The van der Waals surface area contributed by atoms with Crippen LogP contribution in [0.1, 0.15) is 42.3 Å². The third-order valence-electron chi connectivity index (χ3n) is 3.28. The minimum absolute atomic E-state index is 0.0796. The summed E-state index contributed by atoms with van der Waals surface area (Å²) in [5, 5.41) is 9.28. The molecule has 3 heteroatoms. The monoisotopic (exact) mass is 284 g/mol. The van der Waals surface area contributed by atoms with Crippen molar-refractivity contribution in [1.82, 2.24) is 0 Å². The maximum Gasteiger partial charge on any atom is 0.339 e. The predicted molar refractivity (Wildman–Crippen MR) is 83.4 cm³/mol. The van der Waals surface area contributed by atoms with Crippen LogP contribution in [-0.2, 0) is 5.41 Å². The summed E-state index contributed by atoms with van der Waals surface area (Å²) >= 11 is 0. The molecule has 2 aromatic rings. The van der Waals surface area contributed by atoms with Gasteiger partial charge in [-0.1, -0.05) is 45.0 Å². The first-order chi connectivity index (χ1) is 9.79. The molecular formula is C18H20O3. The summed E-state index contributed by atoms with van der Waals surface area (Å²) in [6.45, 7) is 8.21. The van der Waals surface area contributed by atoms with E-state index >= 15 is 0 Å². The van der Waals surface area contributed by atoms with Crippen LogP contribution in [0.2, 0.25) is 0 Å². The summed E-state index contributed by atoms with van der Waals surface area (Å²) in [7, 11) is 0. The lowest BCUT2D eigenvalue weighted by atomic mass is 9.86. The minimum atomic E-state index is -0.988. The average Bonchev–Trinajstić information content (AvgIpc) is 2.37. The number of para-hydroxylation sites is 1. The molecule has 0 radical (unpaired) electrons. The summed E-state index contributed by atoms with van der Waals surface area (Å²) in [5.41, 5.74) is 2.10. The summed E-state index contributed by atoms with van der Waals surface area (Å²) in [6.07, 6.45) is 0. The molecule has 110 valence electrons. The molecule has 2 aromatic carbocycles. The van der Waals surface area contributed by atoms with Crippen molar-refractivity contribution in [2.75, 3.05) is 0 Å². The van der Waals surface area contributed by atoms with Gasteiger partial charge in [0.05, 0.1) is 0 Å². The molecular weight excluding hydrogens is 264 g/mol. The number of hydrogen-bond acceptors (Lipinski definition) is 2. The second-order valence-electron chi connectivity index (χ2n) is 6.15. The number of carbonyl (C=O) groups is 1. The highest BCUT2D eigenvalue weighted by Gasteiger charge is 2.20. The van der Waals surface area contributed by atoms with E-state index in [9.17, 15) is 9.90 Å². The molecule has 0 amide bonds. The molecule has 0 unspecified atom stereocenters. The average molecular weight is 284 g/mol. The molecule has 0 aromatic heterocycles. The smallest absolute Gasteiger partial charge is 0.339 e. The Morgan fingerprint density at radius 2 is 1.71 bits per heavy atom. The van der Waals surface area contributed by atoms with E-state index in [1.165, 1.54) is 0 Å². The van der Waals surface area contributed by atoms with Gasteiger partial charge in [0.15, 0.2) is 0 Å². The van der Waals surface area contributed by atoms with Gasteiger partial charge in [-0.2, -0.15) is 0 Å². The van der Waals surface area contributed by atoms with Crippen LogP contribution in [0, 0.1) is 6.92 Å². The van der Waals surface area contributed by atoms with Crippen molar-refractivity contribution in [1.29, 1.82) is 0 Å². The molecule has 0 bridgehead atoms. The van der Waals surface area contributed by atoms with Crippen molar-refractivity contribution in [3.05, 3.63) is 59.2 Å². The van der Waals surface area contributed by atoms with Gasteiger partial charge >= 0.3 is 5.97 Å². The second kappa shape index (κ2) is 5.60. The fourth-order valence-corrected chi connectivity index (χ4v) is 2.18. The first-order valence-electron chi connectivity index (χ1n) is 6.90. The summed E-state index contributed by atoms with van der Waals surface area (Å²) in [4.78, 5) is 11.3. The predicted octanol–water partition coefficient (Wildman–Crippen LogP) is 4.78. The van der Waals surface area contributed by atoms with Crippen molar-refractivity contribution in [3.8, 4) is 11.5 Å². The molecule has 0 atom stereocenters. The third kappa shape index (κ3) is 3.43. The highest BCUT2D eigenvalue weighted by atomic mass is 16.5.